The van der Waals surface area contributed by atoms with Gasteiger partial charge in [-0.1, -0.05) is 18.2 Å². The lowest BCUT2D eigenvalue weighted by atomic mass is 9.97. The molecule has 3 heterocycles. The molecule has 2 aromatic heterocycles. The van der Waals surface area contributed by atoms with Crippen LogP contribution in [0, 0.1) is 13.8 Å². The van der Waals surface area contributed by atoms with Gasteiger partial charge in [-0.25, -0.2) is 0 Å². The first-order valence-electron chi connectivity index (χ1n) is 10.1. The number of para-hydroxylation sites is 1. The van der Waals surface area contributed by atoms with Gasteiger partial charge in [0.15, 0.2) is 5.11 Å². The van der Waals surface area contributed by atoms with Gasteiger partial charge >= 0.3 is 6.18 Å². The van der Waals surface area contributed by atoms with Crippen molar-refractivity contribution in [2.75, 3.05) is 6.54 Å². The van der Waals surface area contributed by atoms with Crippen molar-refractivity contribution in [3.05, 3.63) is 82.9 Å². The Balaban J connectivity index is 1.87. The van der Waals surface area contributed by atoms with Crippen LogP contribution in [0.25, 0.3) is 5.69 Å². The number of benzene rings is 1. The third kappa shape index (κ3) is 3.69. The molecule has 2 atom stereocenters. The summed E-state index contributed by atoms with van der Waals surface area (Å²) in [6.07, 6.45) is -2.71. The number of rotatable bonds is 4. The number of likely N-dealkylation sites (N-methyl/N-ethyl adjacent to an activating group) is 1. The summed E-state index contributed by atoms with van der Waals surface area (Å²) in [6.45, 7) is 6.37. The molecule has 1 saturated heterocycles. The predicted molar refractivity (Wildman–Crippen MR) is 118 cm³/mol. The van der Waals surface area contributed by atoms with E-state index < -0.39 is 11.7 Å². The van der Waals surface area contributed by atoms with Gasteiger partial charge in [-0.3, -0.25) is 4.98 Å². The molecule has 0 spiro atoms. The summed E-state index contributed by atoms with van der Waals surface area (Å²) in [5.74, 6) is 0. The van der Waals surface area contributed by atoms with E-state index in [0.29, 0.717) is 11.7 Å². The third-order valence-electron chi connectivity index (χ3n) is 5.78. The fourth-order valence-corrected chi connectivity index (χ4v) is 4.82. The summed E-state index contributed by atoms with van der Waals surface area (Å²) < 4.78 is 42.8. The maximum Gasteiger partial charge on any atom is 0.418 e. The van der Waals surface area contributed by atoms with E-state index in [1.54, 1.807) is 16.8 Å². The molecule has 0 amide bonds. The molecule has 4 nitrogen and oxygen atoms in total. The van der Waals surface area contributed by atoms with E-state index in [9.17, 15) is 13.2 Å². The van der Waals surface area contributed by atoms with Crippen molar-refractivity contribution in [1.29, 1.82) is 0 Å². The Kier molecular flexibility index (Phi) is 5.51. The molecule has 0 radical (unpaired) electrons. The van der Waals surface area contributed by atoms with Gasteiger partial charge in [-0.05, 0) is 68.9 Å². The van der Waals surface area contributed by atoms with E-state index in [2.05, 4.69) is 15.2 Å². The van der Waals surface area contributed by atoms with Crippen molar-refractivity contribution in [1.82, 2.24) is 19.8 Å². The van der Waals surface area contributed by atoms with Gasteiger partial charge < -0.3 is 14.8 Å². The molecule has 0 bridgehead atoms. The molecule has 0 aliphatic carbocycles. The highest BCUT2D eigenvalue weighted by Gasteiger charge is 2.41. The van der Waals surface area contributed by atoms with Crippen molar-refractivity contribution in [3.8, 4) is 5.69 Å². The van der Waals surface area contributed by atoms with E-state index in [1.165, 1.54) is 12.1 Å². The second-order valence-electron chi connectivity index (χ2n) is 7.59. The van der Waals surface area contributed by atoms with Crippen LogP contribution in [-0.4, -0.2) is 26.1 Å². The van der Waals surface area contributed by atoms with Crippen molar-refractivity contribution in [2.24, 2.45) is 0 Å². The second kappa shape index (κ2) is 8.00. The fraction of sp³-hybridized carbons (Fsp3) is 0.304. The van der Waals surface area contributed by atoms with Gasteiger partial charge in [0.25, 0.3) is 0 Å². The Morgan fingerprint density at radius 1 is 1.10 bits per heavy atom. The minimum atomic E-state index is -4.44. The first kappa shape index (κ1) is 21.4. The van der Waals surface area contributed by atoms with Gasteiger partial charge in [0.05, 0.1) is 29.0 Å². The Bertz CT molecular complexity index is 1110. The molecular formula is C23H23F3N4S. The van der Waals surface area contributed by atoms with Gasteiger partial charge in [0.2, 0.25) is 0 Å². The zero-order valence-corrected chi connectivity index (χ0v) is 18.3. The van der Waals surface area contributed by atoms with Gasteiger partial charge in [-0.2, -0.15) is 13.2 Å². The lowest BCUT2D eigenvalue weighted by Crippen LogP contribution is -2.29. The first-order valence-corrected chi connectivity index (χ1v) is 10.5. The monoisotopic (exact) mass is 444 g/mol. The highest BCUT2D eigenvalue weighted by atomic mass is 32.1. The van der Waals surface area contributed by atoms with Crippen LogP contribution >= 0.6 is 12.2 Å². The Morgan fingerprint density at radius 2 is 1.81 bits per heavy atom. The van der Waals surface area contributed by atoms with Crippen LogP contribution < -0.4 is 5.32 Å². The van der Waals surface area contributed by atoms with Crippen molar-refractivity contribution < 1.29 is 13.2 Å². The highest BCUT2D eigenvalue weighted by molar-refractivity contribution is 7.80. The smallest absolute Gasteiger partial charge is 0.352 e. The van der Waals surface area contributed by atoms with Crippen LogP contribution in [0.5, 0.6) is 0 Å². The largest absolute Gasteiger partial charge is 0.418 e. The quantitative estimate of drug-likeness (QED) is 0.539. The van der Waals surface area contributed by atoms with Crippen LogP contribution in [0.1, 0.15) is 47.2 Å². The van der Waals surface area contributed by atoms with Crippen molar-refractivity contribution in [2.45, 2.75) is 39.0 Å². The van der Waals surface area contributed by atoms with E-state index in [1.807, 2.05) is 45.0 Å². The molecule has 0 saturated carbocycles. The number of aromatic nitrogens is 2. The molecule has 8 heteroatoms. The molecule has 1 fully saturated rings. The van der Waals surface area contributed by atoms with E-state index >= 15 is 0 Å². The Labute approximate surface area is 184 Å². The average molecular weight is 445 g/mol. The minimum Gasteiger partial charge on any atom is -0.352 e. The summed E-state index contributed by atoms with van der Waals surface area (Å²) in [5.41, 5.74) is 2.73. The minimum absolute atomic E-state index is 0.127. The highest BCUT2D eigenvalue weighted by Crippen LogP contribution is 2.42. The lowest BCUT2D eigenvalue weighted by molar-refractivity contribution is -0.137. The molecule has 2 unspecified atom stereocenters. The second-order valence-corrected chi connectivity index (χ2v) is 7.98. The molecule has 3 aromatic rings. The van der Waals surface area contributed by atoms with E-state index in [4.69, 9.17) is 12.2 Å². The summed E-state index contributed by atoms with van der Waals surface area (Å²) in [7, 11) is 0. The number of nitrogens with one attached hydrogen (secondary N) is 1. The van der Waals surface area contributed by atoms with Crippen LogP contribution in [0.2, 0.25) is 0 Å². The van der Waals surface area contributed by atoms with Gasteiger partial charge in [0, 0.05) is 24.1 Å². The van der Waals surface area contributed by atoms with Crippen LogP contribution in [-0.2, 0) is 6.18 Å². The predicted octanol–water partition coefficient (Wildman–Crippen LogP) is 5.50. The molecule has 31 heavy (non-hydrogen) atoms. The maximum atomic E-state index is 13.7. The first-order chi connectivity index (χ1) is 14.7. The van der Waals surface area contributed by atoms with Crippen molar-refractivity contribution in [3.63, 3.8) is 0 Å². The molecule has 1 aliphatic heterocycles. The van der Waals surface area contributed by atoms with Gasteiger partial charge in [0.1, 0.15) is 0 Å². The zero-order valence-electron chi connectivity index (χ0n) is 17.4. The molecule has 1 N–H and O–H groups in total. The molecule has 1 aromatic carbocycles. The number of hydrogen-bond donors (Lipinski definition) is 1. The number of aryl methyl sites for hydroxylation is 1. The van der Waals surface area contributed by atoms with Crippen LogP contribution in [0.4, 0.5) is 13.2 Å². The number of thiocarbonyl (C=S) groups is 1. The average Bonchev–Trinajstić information content (AvgIpc) is 3.23. The number of alkyl halides is 3. The Morgan fingerprint density at radius 3 is 2.45 bits per heavy atom. The number of pyridine rings is 1. The van der Waals surface area contributed by atoms with E-state index in [0.717, 1.165) is 28.7 Å². The number of halogens is 3. The maximum absolute atomic E-state index is 13.7. The third-order valence-corrected chi connectivity index (χ3v) is 6.13. The summed E-state index contributed by atoms with van der Waals surface area (Å²) in [4.78, 5) is 6.56. The molecule has 1 aliphatic rings. The fourth-order valence-electron chi connectivity index (χ4n) is 4.45. The van der Waals surface area contributed by atoms with Gasteiger partial charge in [-0.15, -0.1) is 0 Å². The zero-order chi connectivity index (χ0) is 22.3. The molecular weight excluding hydrogens is 421 g/mol. The van der Waals surface area contributed by atoms with Crippen LogP contribution in [0.3, 0.4) is 0 Å². The SMILES string of the molecule is CCN1C(=S)NC(c2ccccn2)C1c1cc(C)n(-c2ccccc2C(F)(F)F)c1C. The van der Waals surface area contributed by atoms with E-state index in [-0.39, 0.29) is 17.8 Å². The van der Waals surface area contributed by atoms with Crippen LogP contribution in [0.15, 0.2) is 54.7 Å². The summed E-state index contributed by atoms with van der Waals surface area (Å²) >= 11 is 5.57. The summed E-state index contributed by atoms with van der Waals surface area (Å²) in [6, 6.07) is 13.0. The Hall–Kier alpha value is -2.87. The molecule has 162 valence electrons. The topological polar surface area (TPSA) is 33.1 Å². The summed E-state index contributed by atoms with van der Waals surface area (Å²) in [5, 5.41) is 3.97. The number of nitrogens with zero attached hydrogens (tertiary/aromatic N) is 3. The standard InChI is InChI=1S/C23H23F3N4S/c1-4-29-21(20(28-22(29)31)18-10-7-8-12-27-18)16-13-14(2)30(15(16)3)19-11-6-5-9-17(19)23(24,25)26/h5-13,20-21H,4H2,1-3H3,(H,28,31). The lowest BCUT2D eigenvalue weighted by Gasteiger charge is -2.27. The number of hydrogen-bond acceptors (Lipinski definition) is 2. The van der Waals surface area contributed by atoms with Crippen molar-refractivity contribution >= 4 is 17.3 Å². The normalized spacial score (nSPS) is 19.0. The molecule has 4 rings (SSSR count).